The normalized spacial score (nSPS) is 10.1. The summed E-state index contributed by atoms with van der Waals surface area (Å²) in [6.45, 7) is 2.68. The predicted molar refractivity (Wildman–Crippen MR) is 164 cm³/mol. The van der Waals surface area contributed by atoms with Crippen LogP contribution < -0.4 is 27.3 Å². The van der Waals surface area contributed by atoms with Crippen molar-refractivity contribution in [3.05, 3.63) is 95.6 Å². The highest BCUT2D eigenvalue weighted by Gasteiger charge is 2.08. The fourth-order valence-corrected chi connectivity index (χ4v) is 3.04. The van der Waals surface area contributed by atoms with Crippen LogP contribution in [0.15, 0.2) is 78.9 Å². The van der Waals surface area contributed by atoms with Gasteiger partial charge in [0.05, 0.1) is 13.5 Å². The molecule has 0 radical (unpaired) electrons. The molecule has 0 fully saturated rings. The number of carboxylic acids is 2. The quantitative estimate of drug-likeness (QED) is 0.182. The van der Waals surface area contributed by atoms with Gasteiger partial charge in [-0.1, -0.05) is 42.5 Å². The van der Waals surface area contributed by atoms with Crippen molar-refractivity contribution in [2.45, 2.75) is 38.6 Å². The molecule has 0 spiro atoms. The van der Waals surface area contributed by atoms with Gasteiger partial charge >= 0.3 is 11.9 Å². The summed E-state index contributed by atoms with van der Waals surface area (Å²) in [4.78, 5) is 41.2. The van der Waals surface area contributed by atoms with Gasteiger partial charge in [0, 0.05) is 18.2 Å². The first-order valence-corrected chi connectivity index (χ1v) is 13.2. The SMILES string of the molecule is CC(=O)Nc1ccc(C=O)cc1.COc1ccc(CC(=O)O)cc1.NCCCC(N)C(=O)O.NCCc1ccccc1. The fourth-order valence-electron chi connectivity index (χ4n) is 3.04. The molecular formula is C31H42N4O7. The molecule has 0 aliphatic rings. The molecule has 0 saturated carbocycles. The van der Waals surface area contributed by atoms with E-state index in [1.165, 1.54) is 12.5 Å². The van der Waals surface area contributed by atoms with E-state index in [1.54, 1.807) is 55.6 Å². The molecule has 0 aliphatic carbocycles. The van der Waals surface area contributed by atoms with Gasteiger partial charge in [0.15, 0.2) is 0 Å². The monoisotopic (exact) mass is 582 g/mol. The van der Waals surface area contributed by atoms with Gasteiger partial charge < -0.3 is 37.5 Å². The molecule has 0 bridgehead atoms. The van der Waals surface area contributed by atoms with Gasteiger partial charge in [0.25, 0.3) is 0 Å². The smallest absolute Gasteiger partial charge is 0.320 e. The van der Waals surface area contributed by atoms with Crippen molar-refractivity contribution in [3.8, 4) is 5.75 Å². The van der Waals surface area contributed by atoms with Crippen LogP contribution in [0.4, 0.5) is 5.69 Å². The molecule has 1 amide bonds. The van der Waals surface area contributed by atoms with Gasteiger partial charge in [-0.25, -0.2) is 0 Å². The molecule has 228 valence electrons. The fraction of sp³-hybridized carbons (Fsp3) is 0.290. The van der Waals surface area contributed by atoms with E-state index < -0.39 is 18.0 Å². The number of nitrogens with one attached hydrogen (secondary N) is 1. The van der Waals surface area contributed by atoms with Crippen LogP contribution in [0.5, 0.6) is 5.75 Å². The van der Waals surface area contributed by atoms with Gasteiger partial charge in [-0.3, -0.25) is 19.2 Å². The lowest BCUT2D eigenvalue weighted by molar-refractivity contribution is -0.139. The highest BCUT2D eigenvalue weighted by molar-refractivity contribution is 5.89. The number of carbonyl (C=O) groups is 4. The lowest BCUT2D eigenvalue weighted by atomic mass is 10.1. The Bertz CT molecular complexity index is 1170. The standard InChI is InChI=1S/C9H9NO2.C9H10O3.C8H11N.C5H12N2O2/c1-7(12)10-9-4-2-8(6-11)3-5-9;1-12-8-4-2-7(3-5-8)6-9(10)11;9-7-6-8-4-2-1-3-5-8;6-3-1-2-4(7)5(8)9/h2-6H,1H3,(H,10,12);2-5H,6H2,1H3,(H,10,11);1-5H,6-7,9H2;4H,1-3,6-7H2,(H,8,9). The summed E-state index contributed by atoms with van der Waals surface area (Å²) < 4.78 is 4.93. The Morgan fingerprint density at radius 3 is 1.90 bits per heavy atom. The van der Waals surface area contributed by atoms with Gasteiger partial charge in [-0.15, -0.1) is 0 Å². The second-order valence-electron chi connectivity index (χ2n) is 8.74. The summed E-state index contributed by atoms with van der Waals surface area (Å²) in [5.74, 6) is -1.15. The zero-order valence-corrected chi connectivity index (χ0v) is 24.1. The lowest BCUT2D eigenvalue weighted by Crippen LogP contribution is -2.30. The topological polar surface area (TPSA) is 208 Å². The third kappa shape index (κ3) is 19.5. The molecule has 11 heteroatoms. The highest BCUT2D eigenvalue weighted by atomic mass is 16.5. The Labute approximate surface area is 246 Å². The number of rotatable bonds is 11. The summed E-state index contributed by atoms with van der Waals surface area (Å²) in [5.41, 5.74) is 19.0. The van der Waals surface area contributed by atoms with E-state index in [-0.39, 0.29) is 12.3 Å². The summed E-state index contributed by atoms with van der Waals surface area (Å²) in [6.07, 6.45) is 2.95. The van der Waals surface area contributed by atoms with Crippen LogP contribution in [-0.4, -0.2) is 60.6 Å². The third-order valence-corrected chi connectivity index (χ3v) is 5.19. The van der Waals surface area contributed by atoms with Crippen LogP contribution in [0.2, 0.25) is 0 Å². The van der Waals surface area contributed by atoms with E-state index in [0.717, 1.165) is 30.6 Å². The summed E-state index contributed by atoms with van der Waals surface area (Å²) in [6, 6.07) is 23.2. The number of carbonyl (C=O) groups excluding carboxylic acids is 2. The molecule has 0 saturated heterocycles. The van der Waals surface area contributed by atoms with Crippen LogP contribution >= 0.6 is 0 Å². The maximum Gasteiger partial charge on any atom is 0.320 e. The number of hydrogen-bond donors (Lipinski definition) is 6. The molecule has 42 heavy (non-hydrogen) atoms. The first-order valence-electron chi connectivity index (χ1n) is 13.2. The second-order valence-corrected chi connectivity index (χ2v) is 8.74. The van der Waals surface area contributed by atoms with E-state index in [0.29, 0.717) is 30.6 Å². The maximum atomic E-state index is 10.6. The molecule has 9 N–H and O–H groups in total. The highest BCUT2D eigenvalue weighted by Crippen LogP contribution is 2.11. The molecule has 11 nitrogen and oxygen atoms in total. The number of methoxy groups -OCH3 is 1. The van der Waals surface area contributed by atoms with E-state index >= 15 is 0 Å². The lowest BCUT2D eigenvalue weighted by Gasteiger charge is -2.02. The van der Waals surface area contributed by atoms with Gasteiger partial charge in [-0.05, 0) is 79.9 Å². The number of carboxylic acid groups (broad SMARTS) is 2. The molecule has 3 aromatic rings. The van der Waals surface area contributed by atoms with Crippen molar-refractivity contribution in [3.63, 3.8) is 0 Å². The maximum absolute atomic E-state index is 10.6. The van der Waals surface area contributed by atoms with E-state index in [4.69, 9.17) is 32.2 Å². The van der Waals surface area contributed by atoms with Crippen molar-refractivity contribution in [1.29, 1.82) is 0 Å². The molecule has 0 heterocycles. The molecule has 1 unspecified atom stereocenters. The first-order chi connectivity index (χ1) is 20.1. The molecule has 3 rings (SSSR count). The molecular weight excluding hydrogens is 540 g/mol. The third-order valence-electron chi connectivity index (χ3n) is 5.19. The van der Waals surface area contributed by atoms with Crippen LogP contribution in [0.25, 0.3) is 0 Å². The Hall–Kier alpha value is -4.58. The summed E-state index contributed by atoms with van der Waals surface area (Å²) >= 11 is 0. The minimum atomic E-state index is -0.955. The summed E-state index contributed by atoms with van der Waals surface area (Å²) in [5, 5.41) is 19.3. The van der Waals surface area contributed by atoms with Crippen LogP contribution in [0, 0.1) is 0 Å². The minimum absolute atomic E-state index is 0.0595. The average molecular weight is 583 g/mol. The number of amides is 1. The van der Waals surface area contributed by atoms with Crippen LogP contribution in [0.1, 0.15) is 41.3 Å². The van der Waals surface area contributed by atoms with Crippen LogP contribution in [-0.2, 0) is 27.2 Å². The number of ether oxygens (including phenoxy) is 1. The van der Waals surface area contributed by atoms with Crippen molar-refractivity contribution >= 4 is 29.8 Å². The van der Waals surface area contributed by atoms with Crippen LogP contribution in [0.3, 0.4) is 0 Å². The van der Waals surface area contributed by atoms with Crippen molar-refractivity contribution in [1.82, 2.24) is 0 Å². The predicted octanol–water partition coefficient (Wildman–Crippen LogP) is 3.10. The zero-order valence-electron chi connectivity index (χ0n) is 24.1. The molecule has 0 aromatic heterocycles. The van der Waals surface area contributed by atoms with E-state index in [2.05, 4.69) is 17.4 Å². The Morgan fingerprint density at radius 2 is 1.48 bits per heavy atom. The number of aliphatic carboxylic acids is 2. The Balaban J connectivity index is 0.000000539. The van der Waals surface area contributed by atoms with Crippen molar-refractivity contribution in [2.24, 2.45) is 17.2 Å². The van der Waals surface area contributed by atoms with Gasteiger partial charge in [0.1, 0.15) is 18.1 Å². The number of hydrogen-bond acceptors (Lipinski definition) is 8. The molecule has 0 aliphatic heterocycles. The Morgan fingerprint density at radius 1 is 0.881 bits per heavy atom. The number of anilines is 1. The van der Waals surface area contributed by atoms with E-state index in [9.17, 15) is 19.2 Å². The van der Waals surface area contributed by atoms with Gasteiger partial charge in [-0.2, -0.15) is 0 Å². The van der Waals surface area contributed by atoms with E-state index in [1.807, 2.05) is 18.2 Å². The summed E-state index contributed by atoms with van der Waals surface area (Å²) in [7, 11) is 1.58. The zero-order chi connectivity index (χ0) is 31.8. The van der Waals surface area contributed by atoms with Crippen molar-refractivity contribution in [2.75, 3.05) is 25.5 Å². The average Bonchev–Trinajstić information content (AvgIpc) is 2.98. The van der Waals surface area contributed by atoms with Crippen molar-refractivity contribution < 1.29 is 34.1 Å². The number of aldehydes is 1. The largest absolute Gasteiger partial charge is 0.497 e. The molecule has 3 aromatic carbocycles. The first kappa shape index (κ1) is 37.4. The second kappa shape index (κ2) is 23.2. The number of nitrogens with two attached hydrogens (primary N) is 3. The number of benzene rings is 3. The Kier molecular flexibility index (Phi) is 20.6. The van der Waals surface area contributed by atoms with Gasteiger partial charge in [0.2, 0.25) is 5.91 Å². The minimum Gasteiger partial charge on any atom is -0.497 e. The molecule has 1 atom stereocenters.